The van der Waals surface area contributed by atoms with Gasteiger partial charge in [0.2, 0.25) is 0 Å². The zero-order valence-electron chi connectivity index (χ0n) is 14.1. The van der Waals surface area contributed by atoms with E-state index in [2.05, 4.69) is 11.9 Å². The Balaban J connectivity index is 1.68. The maximum absolute atomic E-state index is 13.0. The molecular formula is C19H19FN2OS2. The van der Waals surface area contributed by atoms with E-state index >= 15 is 0 Å². The Morgan fingerprint density at radius 1 is 1.36 bits per heavy atom. The van der Waals surface area contributed by atoms with Gasteiger partial charge in [-0.05, 0) is 61.9 Å². The quantitative estimate of drug-likeness (QED) is 0.649. The molecule has 0 radical (unpaired) electrons. The molecule has 6 heteroatoms. The predicted molar refractivity (Wildman–Crippen MR) is 102 cm³/mol. The lowest BCUT2D eigenvalue weighted by atomic mass is 9.89. The number of nitrogens with zero attached hydrogens (tertiary/aromatic N) is 1. The molecule has 25 heavy (non-hydrogen) atoms. The van der Waals surface area contributed by atoms with Crippen LogP contribution in [0.4, 0.5) is 4.39 Å². The minimum Gasteiger partial charge on any atom is -0.309 e. The molecule has 0 bridgehead atoms. The van der Waals surface area contributed by atoms with Crippen LogP contribution in [-0.2, 0) is 12.8 Å². The lowest BCUT2D eigenvalue weighted by Gasteiger charge is -2.17. The molecule has 1 N–H and O–H groups in total. The number of aryl methyl sites for hydroxylation is 1. The number of thiophene rings is 1. The minimum absolute atomic E-state index is 0.0133. The summed E-state index contributed by atoms with van der Waals surface area (Å²) in [4.78, 5) is 23.5. The van der Waals surface area contributed by atoms with E-state index in [1.807, 2.05) is 6.92 Å². The average Bonchev–Trinajstić information content (AvgIpc) is 2.94. The first-order valence-corrected chi connectivity index (χ1v) is 10.2. The maximum atomic E-state index is 13.0. The normalized spacial score (nSPS) is 18.3. The second-order valence-electron chi connectivity index (χ2n) is 6.70. The third-order valence-electron chi connectivity index (χ3n) is 4.70. The molecule has 0 unspecified atom stereocenters. The van der Waals surface area contributed by atoms with Crippen molar-refractivity contribution in [3.05, 3.63) is 56.7 Å². The number of H-pyrrole nitrogens is 1. The van der Waals surface area contributed by atoms with Crippen LogP contribution in [0.1, 0.15) is 41.8 Å². The Labute approximate surface area is 153 Å². The Bertz CT molecular complexity index is 977. The number of aromatic amines is 1. The SMILES string of the molecule is C[C@@H]1CCc2c(sc3nc([C@H](C)Sc4ccc(F)cc4)[nH]c(=O)c23)C1. The molecular weight excluding hydrogens is 355 g/mol. The van der Waals surface area contributed by atoms with Gasteiger partial charge in [0, 0.05) is 9.77 Å². The van der Waals surface area contributed by atoms with Crippen molar-refractivity contribution < 1.29 is 4.39 Å². The molecule has 1 aliphatic carbocycles. The number of hydrogen-bond acceptors (Lipinski definition) is 4. The van der Waals surface area contributed by atoms with Crippen LogP contribution >= 0.6 is 23.1 Å². The van der Waals surface area contributed by atoms with Gasteiger partial charge in [-0.25, -0.2) is 9.37 Å². The van der Waals surface area contributed by atoms with Gasteiger partial charge in [0.15, 0.2) is 0 Å². The summed E-state index contributed by atoms with van der Waals surface area (Å²) in [5, 5.41) is 0.773. The lowest BCUT2D eigenvalue weighted by molar-refractivity contribution is 0.509. The fraction of sp³-hybridized carbons (Fsp3) is 0.368. The molecule has 1 aromatic carbocycles. The highest BCUT2D eigenvalue weighted by Crippen LogP contribution is 2.37. The van der Waals surface area contributed by atoms with Crippen LogP contribution < -0.4 is 5.56 Å². The van der Waals surface area contributed by atoms with Gasteiger partial charge < -0.3 is 4.98 Å². The molecule has 130 valence electrons. The van der Waals surface area contributed by atoms with Crippen LogP contribution in [0.5, 0.6) is 0 Å². The molecule has 3 aromatic rings. The number of aromatic nitrogens is 2. The van der Waals surface area contributed by atoms with Crippen LogP contribution in [0.2, 0.25) is 0 Å². The van der Waals surface area contributed by atoms with Crippen molar-refractivity contribution in [3.8, 4) is 0 Å². The maximum Gasteiger partial charge on any atom is 0.259 e. The number of rotatable bonds is 3. The van der Waals surface area contributed by atoms with Crippen molar-refractivity contribution in [3.63, 3.8) is 0 Å². The monoisotopic (exact) mass is 374 g/mol. The summed E-state index contributed by atoms with van der Waals surface area (Å²) in [6.07, 6.45) is 3.16. The number of benzene rings is 1. The number of thioether (sulfide) groups is 1. The van der Waals surface area contributed by atoms with Gasteiger partial charge in [0.1, 0.15) is 16.5 Å². The predicted octanol–water partition coefficient (Wildman–Crippen LogP) is 5.10. The van der Waals surface area contributed by atoms with Crippen molar-refractivity contribution in [2.75, 3.05) is 0 Å². The molecule has 4 rings (SSSR count). The van der Waals surface area contributed by atoms with Crippen LogP contribution in [0.25, 0.3) is 10.2 Å². The first-order chi connectivity index (χ1) is 12.0. The van der Waals surface area contributed by atoms with Crippen molar-refractivity contribution in [1.82, 2.24) is 9.97 Å². The summed E-state index contributed by atoms with van der Waals surface area (Å²) in [5.74, 6) is 1.11. The summed E-state index contributed by atoms with van der Waals surface area (Å²) in [6.45, 7) is 4.27. The fourth-order valence-corrected chi connectivity index (χ4v) is 5.65. The molecule has 0 spiro atoms. The summed E-state index contributed by atoms with van der Waals surface area (Å²) in [7, 11) is 0. The molecule has 1 aliphatic rings. The van der Waals surface area contributed by atoms with Gasteiger partial charge in [-0.2, -0.15) is 0 Å². The molecule has 0 saturated carbocycles. The van der Waals surface area contributed by atoms with E-state index in [1.165, 1.54) is 22.6 Å². The Morgan fingerprint density at radius 3 is 2.88 bits per heavy atom. The largest absolute Gasteiger partial charge is 0.309 e. The van der Waals surface area contributed by atoms with Crippen LogP contribution in [0.15, 0.2) is 34.0 Å². The Morgan fingerprint density at radius 2 is 2.12 bits per heavy atom. The first kappa shape index (κ1) is 16.8. The molecule has 2 atom stereocenters. The standard InChI is InChI=1S/C19H19FN2OS2/c1-10-3-8-14-15(9-10)25-19-16(14)18(23)21-17(22-19)11(2)24-13-6-4-12(20)5-7-13/h4-7,10-11H,3,8-9H2,1-2H3,(H,21,22,23)/t10-,11+/m1/s1. The van der Waals surface area contributed by atoms with E-state index in [1.54, 1.807) is 35.2 Å². The second-order valence-corrected chi connectivity index (χ2v) is 9.19. The molecule has 2 heterocycles. The van der Waals surface area contributed by atoms with E-state index in [0.29, 0.717) is 11.7 Å². The third-order valence-corrected chi connectivity index (χ3v) is 6.96. The number of halogens is 1. The highest BCUT2D eigenvalue weighted by atomic mass is 32.2. The summed E-state index contributed by atoms with van der Waals surface area (Å²) in [5.41, 5.74) is 1.18. The van der Waals surface area contributed by atoms with Gasteiger partial charge >= 0.3 is 0 Å². The summed E-state index contributed by atoms with van der Waals surface area (Å²) < 4.78 is 13.0. The van der Waals surface area contributed by atoms with Crippen molar-refractivity contribution in [2.45, 2.75) is 43.3 Å². The van der Waals surface area contributed by atoms with Crippen molar-refractivity contribution >= 4 is 33.3 Å². The highest BCUT2D eigenvalue weighted by Gasteiger charge is 2.23. The van der Waals surface area contributed by atoms with E-state index < -0.39 is 0 Å². The third kappa shape index (κ3) is 3.25. The second kappa shape index (κ2) is 6.57. The van der Waals surface area contributed by atoms with E-state index in [0.717, 1.165) is 34.4 Å². The zero-order chi connectivity index (χ0) is 17.6. The molecule has 0 aliphatic heterocycles. The molecule has 0 amide bonds. The Kier molecular flexibility index (Phi) is 4.41. The number of nitrogens with one attached hydrogen (secondary N) is 1. The number of hydrogen-bond donors (Lipinski definition) is 1. The Hall–Kier alpha value is -1.66. The average molecular weight is 375 g/mol. The van der Waals surface area contributed by atoms with Gasteiger partial charge in [0.05, 0.1) is 10.6 Å². The zero-order valence-corrected chi connectivity index (χ0v) is 15.8. The fourth-order valence-electron chi connectivity index (χ4n) is 3.33. The first-order valence-electron chi connectivity index (χ1n) is 8.48. The smallest absolute Gasteiger partial charge is 0.259 e. The summed E-state index contributed by atoms with van der Waals surface area (Å²) in [6, 6.07) is 6.39. The van der Waals surface area contributed by atoms with E-state index in [9.17, 15) is 9.18 Å². The molecule has 0 saturated heterocycles. The van der Waals surface area contributed by atoms with Gasteiger partial charge in [-0.3, -0.25) is 4.79 Å². The molecule has 0 fully saturated rings. The van der Waals surface area contributed by atoms with Gasteiger partial charge in [0.25, 0.3) is 5.56 Å². The van der Waals surface area contributed by atoms with Crippen LogP contribution in [0, 0.1) is 11.7 Å². The van der Waals surface area contributed by atoms with E-state index in [4.69, 9.17) is 4.98 Å². The topological polar surface area (TPSA) is 45.8 Å². The number of fused-ring (bicyclic) bond motifs is 3. The van der Waals surface area contributed by atoms with Crippen LogP contribution in [-0.4, -0.2) is 9.97 Å². The highest BCUT2D eigenvalue weighted by molar-refractivity contribution is 7.99. The van der Waals surface area contributed by atoms with Gasteiger partial charge in [-0.1, -0.05) is 6.92 Å². The molecule has 3 nitrogen and oxygen atoms in total. The molecule has 2 aromatic heterocycles. The minimum atomic E-state index is -0.247. The van der Waals surface area contributed by atoms with Crippen molar-refractivity contribution in [1.29, 1.82) is 0 Å². The van der Waals surface area contributed by atoms with Crippen molar-refractivity contribution in [2.24, 2.45) is 5.92 Å². The van der Waals surface area contributed by atoms with E-state index in [-0.39, 0.29) is 16.6 Å². The lowest BCUT2D eigenvalue weighted by Crippen LogP contribution is -2.15. The van der Waals surface area contributed by atoms with Gasteiger partial charge in [-0.15, -0.1) is 23.1 Å². The van der Waals surface area contributed by atoms with Crippen LogP contribution in [0.3, 0.4) is 0 Å². The summed E-state index contributed by atoms with van der Waals surface area (Å²) >= 11 is 3.23.